The standard InChI is InChI=1S/C15H18N2O2/c1-16-11-8-10(9-4-5-9)17-15-13(19-3)7-6-12(18-2)14(11)15/h6-9H,4-5H2,1-3H3,(H,16,17). The zero-order valence-electron chi connectivity index (χ0n) is 11.5. The molecule has 1 N–H and O–H groups in total. The molecule has 0 bridgehead atoms. The highest BCUT2D eigenvalue weighted by atomic mass is 16.5. The fourth-order valence-corrected chi connectivity index (χ4v) is 2.43. The van der Waals surface area contributed by atoms with Crippen LogP contribution in [0.4, 0.5) is 5.69 Å². The van der Waals surface area contributed by atoms with Crippen molar-refractivity contribution in [1.29, 1.82) is 0 Å². The Morgan fingerprint density at radius 3 is 2.42 bits per heavy atom. The third-order valence-corrected chi connectivity index (χ3v) is 3.61. The number of anilines is 1. The number of hydrogen-bond acceptors (Lipinski definition) is 4. The molecule has 4 nitrogen and oxygen atoms in total. The van der Waals surface area contributed by atoms with Crippen molar-refractivity contribution < 1.29 is 9.47 Å². The highest BCUT2D eigenvalue weighted by Crippen LogP contribution is 2.44. The second-order valence-corrected chi connectivity index (χ2v) is 4.81. The third-order valence-electron chi connectivity index (χ3n) is 3.61. The molecule has 1 fully saturated rings. The summed E-state index contributed by atoms with van der Waals surface area (Å²) in [5.74, 6) is 2.21. The first kappa shape index (κ1) is 12.1. The van der Waals surface area contributed by atoms with E-state index < -0.39 is 0 Å². The Kier molecular flexibility index (Phi) is 2.93. The van der Waals surface area contributed by atoms with Gasteiger partial charge in [0.2, 0.25) is 0 Å². The summed E-state index contributed by atoms with van der Waals surface area (Å²) in [6.45, 7) is 0. The Balaban J connectivity index is 2.33. The van der Waals surface area contributed by atoms with Gasteiger partial charge in [0.05, 0.1) is 19.6 Å². The molecule has 1 aliphatic carbocycles. The van der Waals surface area contributed by atoms with E-state index in [0.717, 1.165) is 33.8 Å². The summed E-state index contributed by atoms with van der Waals surface area (Å²) >= 11 is 0. The fraction of sp³-hybridized carbons (Fsp3) is 0.400. The summed E-state index contributed by atoms with van der Waals surface area (Å²) < 4.78 is 10.9. The van der Waals surface area contributed by atoms with Crippen LogP contribution in [0.2, 0.25) is 0 Å². The summed E-state index contributed by atoms with van der Waals surface area (Å²) in [5.41, 5.74) is 3.06. The lowest BCUT2D eigenvalue weighted by Gasteiger charge is -2.14. The van der Waals surface area contributed by atoms with Crippen LogP contribution < -0.4 is 14.8 Å². The SMILES string of the molecule is CNc1cc(C2CC2)nc2c(OC)ccc(OC)c12. The first-order chi connectivity index (χ1) is 9.28. The smallest absolute Gasteiger partial charge is 0.145 e. The highest BCUT2D eigenvalue weighted by molar-refractivity contribution is 6.00. The molecular formula is C15H18N2O2. The lowest BCUT2D eigenvalue weighted by Crippen LogP contribution is -1.99. The zero-order chi connectivity index (χ0) is 13.4. The molecule has 1 heterocycles. The Morgan fingerprint density at radius 1 is 1.16 bits per heavy atom. The quantitative estimate of drug-likeness (QED) is 0.914. The Morgan fingerprint density at radius 2 is 1.84 bits per heavy atom. The predicted octanol–water partition coefficient (Wildman–Crippen LogP) is 3.17. The van der Waals surface area contributed by atoms with E-state index in [9.17, 15) is 0 Å². The van der Waals surface area contributed by atoms with Crippen LogP contribution in [-0.2, 0) is 0 Å². The van der Waals surface area contributed by atoms with Crippen molar-refractivity contribution in [3.8, 4) is 11.5 Å². The second-order valence-electron chi connectivity index (χ2n) is 4.81. The van der Waals surface area contributed by atoms with E-state index in [1.54, 1.807) is 14.2 Å². The maximum absolute atomic E-state index is 5.45. The molecule has 0 aliphatic heterocycles. The molecular weight excluding hydrogens is 240 g/mol. The largest absolute Gasteiger partial charge is 0.496 e. The molecule has 4 heteroatoms. The first-order valence-corrected chi connectivity index (χ1v) is 6.52. The van der Waals surface area contributed by atoms with Gasteiger partial charge in [0.25, 0.3) is 0 Å². The van der Waals surface area contributed by atoms with Gasteiger partial charge < -0.3 is 14.8 Å². The van der Waals surface area contributed by atoms with Gasteiger partial charge in [-0.05, 0) is 31.0 Å². The minimum Gasteiger partial charge on any atom is -0.496 e. The van der Waals surface area contributed by atoms with E-state index in [4.69, 9.17) is 14.5 Å². The predicted molar refractivity (Wildman–Crippen MR) is 76.4 cm³/mol. The topological polar surface area (TPSA) is 43.4 Å². The molecule has 0 saturated heterocycles. The number of nitrogens with one attached hydrogen (secondary N) is 1. The third kappa shape index (κ3) is 1.97. The van der Waals surface area contributed by atoms with Crippen LogP contribution in [-0.4, -0.2) is 26.3 Å². The number of aromatic nitrogens is 1. The Labute approximate surface area is 112 Å². The molecule has 2 aromatic rings. The fourth-order valence-electron chi connectivity index (χ4n) is 2.43. The van der Waals surface area contributed by atoms with Crippen LogP contribution in [0, 0.1) is 0 Å². The zero-order valence-corrected chi connectivity index (χ0v) is 11.5. The number of rotatable bonds is 4. The lowest BCUT2D eigenvalue weighted by molar-refractivity contribution is 0.410. The Hall–Kier alpha value is -1.97. The van der Waals surface area contributed by atoms with Crippen molar-refractivity contribution in [2.24, 2.45) is 0 Å². The van der Waals surface area contributed by atoms with Crippen LogP contribution in [0.1, 0.15) is 24.5 Å². The van der Waals surface area contributed by atoms with E-state index in [0.29, 0.717) is 5.92 Å². The average molecular weight is 258 g/mol. The molecule has 0 spiro atoms. The van der Waals surface area contributed by atoms with Crippen LogP contribution in [0.25, 0.3) is 10.9 Å². The van der Waals surface area contributed by atoms with E-state index in [1.807, 2.05) is 19.2 Å². The van der Waals surface area contributed by atoms with Crippen LogP contribution >= 0.6 is 0 Å². The normalized spacial score (nSPS) is 14.5. The van der Waals surface area contributed by atoms with Crippen molar-refractivity contribution in [2.45, 2.75) is 18.8 Å². The molecule has 1 aliphatic rings. The van der Waals surface area contributed by atoms with Crippen molar-refractivity contribution in [1.82, 2.24) is 4.98 Å². The number of benzene rings is 1. The second kappa shape index (κ2) is 4.61. The molecule has 100 valence electrons. The van der Waals surface area contributed by atoms with Gasteiger partial charge in [0.1, 0.15) is 17.0 Å². The molecule has 1 aromatic heterocycles. The summed E-state index contributed by atoms with van der Waals surface area (Å²) in [6, 6.07) is 5.95. The lowest BCUT2D eigenvalue weighted by atomic mass is 10.1. The number of fused-ring (bicyclic) bond motifs is 1. The van der Waals surface area contributed by atoms with Crippen LogP contribution in [0.3, 0.4) is 0 Å². The monoisotopic (exact) mass is 258 g/mol. The van der Waals surface area contributed by atoms with Gasteiger partial charge in [0.15, 0.2) is 0 Å². The van der Waals surface area contributed by atoms with Crippen molar-refractivity contribution >= 4 is 16.6 Å². The average Bonchev–Trinajstić information content (AvgIpc) is 3.29. The van der Waals surface area contributed by atoms with E-state index in [2.05, 4.69) is 11.4 Å². The molecule has 1 saturated carbocycles. The van der Waals surface area contributed by atoms with Crippen molar-refractivity contribution in [3.05, 3.63) is 23.9 Å². The molecule has 1 aromatic carbocycles. The summed E-state index contributed by atoms with van der Waals surface area (Å²) in [4.78, 5) is 4.78. The molecule has 0 radical (unpaired) electrons. The van der Waals surface area contributed by atoms with Gasteiger partial charge in [-0.3, -0.25) is 0 Å². The minimum atomic E-state index is 0.604. The molecule has 0 amide bonds. The van der Waals surface area contributed by atoms with Gasteiger partial charge in [-0.2, -0.15) is 0 Å². The Bertz CT molecular complexity index is 621. The van der Waals surface area contributed by atoms with Crippen molar-refractivity contribution in [2.75, 3.05) is 26.6 Å². The van der Waals surface area contributed by atoms with Gasteiger partial charge in [0, 0.05) is 24.3 Å². The van der Waals surface area contributed by atoms with E-state index in [-0.39, 0.29) is 0 Å². The van der Waals surface area contributed by atoms with Gasteiger partial charge in [-0.25, -0.2) is 4.98 Å². The summed E-state index contributed by atoms with van der Waals surface area (Å²) in [6.07, 6.45) is 2.46. The highest BCUT2D eigenvalue weighted by Gasteiger charge is 2.27. The van der Waals surface area contributed by atoms with E-state index >= 15 is 0 Å². The number of pyridine rings is 1. The number of methoxy groups -OCH3 is 2. The van der Waals surface area contributed by atoms with Crippen LogP contribution in [0.5, 0.6) is 11.5 Å². The van der Waals surface area contributed by atoms with E-state index in [1.165, 1.54) is 12.8 Å². The van der Waals surface area contributed by atoms with Gasteiger partial charge in [-0.15, -0.1) is 0 Å². The maximum Gasteiger partial charge on any atom is 0.145 e. The number of ether oxygens (including phenoxy) is 2. The van der Waals surface area contributed by atoms with Gasteiger partial charge >= 0.3 is 0 Å². The molecule has 0 atom stereocenters. The number of hydrogen-bond donors (Lipinski definition) is 1. The molecule has 19 heavy (non-hydrogen) atoms. The summed E-state index contributed by atoms with van der Waals surface area (Å²) in [5, 5.41) is 4.22. The number of nitrogens with zero attached hydrogens (tertiary/aromatic N) is 1. The molecule has 0 unspecified atom stereocenters. The maximum atomic E-state index is 5.45. The van der Waals surface area contributed by atoms with Crippen LogP contribution in [0.15, 0.2) is 18.2 Å². The van der Waals surface area contributed by atoms with Gasteiger partial charge in [-0.1, -0.05) is 0 Å². The summed E-state index contributed by atoms with van der Waals surface area (Å²) in [7, 11) is 5.27. The molecule has 3 rings (SSSR count). The minimum absolute atomic E-state index is 0.604. The van der Waals surface area contributed by atoms with Crippen molar-refractivity contribution in [3.63, 3.8) is 0 Å². The first-order valence-electron chi connectivity index (χ1n) is 6.52.